The summed E-state index contributed by atoms with van der Waals surface area (Å²) in [5.74, 6) is 0.295. The van der Waals surface area contributed by atoms with Gasteiger partial charge in [0, 0.05) is 49.2 Å². The largest absolute Gasteiger partial charge is 0.491 e. The van der Waals surface area contributed by atoms with E-state index in [2.05, 4.69) is 0 Å². The van der Waals surface area contributed by atoms with Crippen molar-refractivity contribution in [3.8, 4) is 17.2 Å². The maximum absolute atomic E-state index is 15.3. The summed E-state index contributed by atoms with van der Waals surface area (Å²) in [6.45, 7) is 6.84. The third kappa shape index (κ3) is 5.91. The van der Waals surface area contributed by atoms with Gasteiger partial charge in [0.2, 0.25) is 0 Å². The summed E-state index contributed by atoms with van der Waals surface area (Å²) in [6, 6.07) is 11.8. The number of halogens is 1. The molecule has 3 aliphatic heterocycles. The lowest BCUT2D eigenvalue weighted by Crippen LogP contribution is -2.50. The van der Waals surface area contributed by atoms with Crippen molar-refractivity contribution in [3.05, 3.63) is 64.8 Å². The van der Waals surface area contributed by atoms with Crippen molar-refractivity contribution in [2.75, 3.05) is 13.2 Å². The van der Waals surface area contributed by atoms with Gasteiger partial charge in [-0.25, -0.2) is 9.18 Å². The maximum Gasteiger partial charge on any atom is 0.410 e. The molecule has 41 heavy (non-hydrogen) atoms. The van der Waals surface area contributed by atoms with Gasteiger partial charge in [-0.1, -0.05) is 0 Å². The lowest BCUT2D eigenvalue weighted by Gasteiger charge is -2.39. The Morgan fingerprint density at radius 2 is 1.83 bits per heavy atom. The molecule has 4 atom stereocenters. The maximum atomic E-state index is 15.3. The zero-order valence-electron chi connectivity index (χ0n) is 23.8. The first-order valence-corrected chi connectivity index (χ1v) is 14.5. The predicted octanol–water partition coefficient (Wildman–Crippen LogP) is 6.00. The van der Waals surface area contributed by atoms with Gasteiger partial charge < -0.3 is 23.8 Å². The number of hydrogen-bond donors (Lipinski definition) is 0. The Balaban J connectivity index is 1.13. The smallest absolute Gasteiger partial charge is 0.410 e. The van der Waals surface area contributed by atoms with Crippen molar-refractivity contribution in [1.82, 2.24) is 9.47 Å². The van der Waals surface area contributed by atoms with Crippen LogP contribution in [0.1, 0.15) is 59.3 Å². The van der Waals surface area contributed by atoms with Gasteiger partial charge in [-0.3, -0.25) is 9.36 Å². The highest BCUT2D eigenvalue weighted by atomic mass is 19.1. The molecular formula is C32H37FN2O6. The van der Waals surface area contributed by atoms with Crippen molar-refractivity contribution in [1.29, 1.82) is 0 Å². The summed E-state index contributed by atoms with van der Waals surface area (Å²) in [7, 11) is 0. The van der Waals surface area contributed by atoms with Crippen LogP contribution in [0.2, 0.25) is 0 Å². The summed E-state index contributed by atoms with van der Waals surface area (Å²) in [5.41, 5.74) is -0.378. The summed E-state index contributed by atoms with van der Waals surface area (Å²) in [5, 5.41) is 1.27. The molecule has 0 radical (unpaired) electrons. The monoisotopic (exact) mass is 564 g/mol. The minimum atomic E-state index is -0.552. The van der Waals surface area contributed by atoms with Gasteiger partial charge in [-0.2, -0.15) is 0 Å². The fraction of sp³-hybridized carbons (Fsp3) is 0.500. The number of carbonyl (C=O) groups excluding carboxylic acids is 1. The minimum Gasteiger partial charge on any atom is -0.491 e. The standard InChI is InChI=1S/C32H37FN2O6/c1-32(2,3)41-31(37)35-22-6-7-23(35)17-26(16-22)40-29-11-8-21(18-28(29)33)34-13-12-20-15-24(9-10-27(20)30(34)36)39-19-25-5-4-14-38-25/h8-13,15,18,22-23,25-26H,4-7,14,16-17,19H2,1-3H3/t22-,23+,25-,26?/m1/s1. The van der Waals surface area contributed by atoms with E-state index in [0.29, 0.717) is 36.3 Å². The molecule has 3 aromatic rings. The Morgan fingerprint density at radius 1 is 1.05 bits per heavy atom. The molecule has 0 spiro atoms. The summed E-state index contributed by atoms with van der Waals surface area (Å²) in [6.07, 6.45) is 6.34. The second-order valence-electron chi connectivity index (χ2n) is 12.3. The molecule has 9 heteroatoms. The fourth-order valence-corrected chi connectivity index (χ4v) is 6.23. The molecule has 2 bridgehead atoms. The van der Waals surface area contributed by atoms with Gasteiger partial charge in [0.05, 0.1) is 11.8 Å². The van der Waals surface area contributed by atoms with Crippen LogP contribution in [-0.4, -0.2) is 58.7 Å². The Hall–Kier alpha value is -3.59. The average molecular weight is 565 g/mol. The van der Waals surface area contributed by atoms with Crippen LogP contribution < -0.4 is 15.0 Å². The first-order chi connectivity index (χ1) is 19.6. The summed E-state index contributed by atoms with van der Waals surface area (Å²) in [4.78, 5) is 27.9. The van der Waals surface area contributed by atoms with Crippen LogP contribution in [0.4, 0.5) is 9.18 Å². The van der Waals surface area contributed by atoms with Gasteiger partial charge in [0.15, 0.2) is 11.6 Å². The number of benzene rings is 2. The summed E-state index contributed by atoms with van der Waals surface area (Å²) < 4.78 is 39.9. The van der Waals surface area contributed by atoms with E-state index in [1.165, 1.54) is 10.6 Å². The molecule has 1 amide bonds. The highest BCUT2D eigenvalue weighted by Gasteiger charge is 2.45. The lowest BCUT2D eigenvalue weighted by atomic mass is 10.00. The van der Waals surface area contributed by atoms with Crippen LogP contribution in [0.15, 0.2) is 53.5 Å². The van der Waals surface area contributed by atoms with E-state index >= 15 is 4.39 Å². The third-order valence-corrected chi connectivity index (χ3v) is 8.12. The van der Waals surface area contributed by atoms with Crippen molar-refractivity contribution in [2.45, 2.75) is 89.2 Å². The second kappa shape index (κ2) is 11.0. The normalized spacial score (nSPS) is 24.0. The van der Waals surface area contributed by atoms with Crippen LogP contribution in [-0.2, 0) is 9.47 Å². The number of fused-ring (bicyclic) bond motifs is 3. The molecule has 2 aromatic carbocycles. The number of pyridine rings is 1. The Morgan fingerprint density at radius 3 is 2.51 bits per heavy atom. The highest BCUT2D eigenvalue weighted by Crippen LogP contribution is 2.38. The number of rotatable bonds is 6. The van der Waals surface area contributed by atoms with Crippen molar-refractivity contribution in [3.63, 3.8) is 0 Å². The van der Waals surface area contributed by atoms with Gasteiger partial charge in [0.1, 0.15) is 24.1 Å². The lowest BCUT2D eigenvalue weighted by molar-refractivity contribution is -0.00754. The van der Waals surface area contributed by atoms with Crippen molar-refractivity contribution in [2.24, 2.45) is 0 Å². The zero-order valence-corrected chi connectivity index (χ0v) is 23.8. The molecule has 8 nitrogen and oxygen atoms in total. The molecule has 0 saturated carbocycles. The first kappa shape index (κ1) is 27.6. The molecule has 4 heterocycles. The van der Waals surface area contributed by atoms with Gasteiger partial charge in [0.25, 0.3) is 5.56 Å². The molecule has 3 fully saturated rings. The third-order valence-electron chi connectivity index (χ3n) is 8.12. The average Bonchev–Trinajstić information content (AvgIpc) is 3.54. The molecule has 6 rings (SSSR count). The second-order valence-corrected chi connectivity index (χ2v) is 12.3. The molecule has 0 aliphatic carbocycles. The quantitative estimate of drug-likeness (QED) is 0.366. The number of piperidine rings is 1. The van der Waals surface area contributed by atoms with Crippen LogP contribution in [0, 0.1) is 5.82 Å². The van der Waals surface area contributed by atoms with Crippen LogP contribution in [0.5, 0.6) is 11.5 Å². The molecule has 0 N–H and O–H groups in total. The van der Waals surface area contributed by atoms with Crippen molar-refractivity contribution >= 4 is 16.9 Å². The number of aromatic nitrogens is 1. The predicted molar refractivity (Wildman–Crippen MR) is 153 cm³/mol. The topological polar surface area (TPSA) is 79.2 Å². The van der Waals surface area contributed by atoms with E-state index in [0.717, 1.165) is 37.7 Å². The zero-order chi connectivity index (χ0) is 28.7. The van der Waals surface area contributed by atoms with Gasteiger partial charge in [-0.05, 0) is 88.2 Å². The highest BCUT2D eigenvalue weighted by molar-refractivity contribution is 5.83. The van der Waals surface area contributed by atoms with Crippen LogP contribution >= 0.6 is 0 Å². The van der Waals surface area contributed by atoms with E-state index < -0.39 is 11.4 Å². The first-order valence-electron chi connectivity index (χ1n) is 14.5. The number of amides is 1. The molecule has 3 aliphatic rings. The van der Waals surface area contributed by atoms with Crippen LogP contribution in [0.25, 0.3) is 16.5 Å². The van der Waals surface area contributed by atoms with E-state index in [1.807, 2.05) is 37.8 Å². The van der Waals surface area contributed by atoms with E-state index in [-0.39, 0.29) is 41.7 Å². The van der Waals surface area contributed by atoms with E-state index in [1.54, 1.807) is 30.5 Å². The number of carbonyl (C=O) groups is 1. The summed E-state index contributed by atoms with van der Waals surface area (Å²) >= 11 is 0. The Kier molecular flexibility index (Phi) is 7.40. The Labute approximate surface area is 238 Å². The molecule has 1 aromatic heterocycles. The van der Waals surface area contributed by atoms with Gasteiger partial charge >= 0.3 is 6.09 Å². The minimum absolute atomic E-state index is 0.0223. The SMILES string of the molecule is CC(C)(C)OC(=O)N1[C@@H]2CC[C@H]1CC(Oc1ccc(-n3ccc4cc(OC[C@H]5CCCO5)ccc4c3=O)cc1F)C2. The molecule has 218 valence electrons. The van der Waals surface area contributed by atoms with Crippen LogP contribution in [0.3, 0.4) is 0 Å². The molecule has 1 unspecified atom stereocenters. The Bertz CT molecular complexity index is 1480. The number of nitrogens with zero attached hydrogens (tertiary/aromatic N) is 2. The van der Waals surface area contributed by atoms with E-state index in [9.17, 15) is 9.59 Å². The van der Waals surface area contributed by atoms with E-state index in [4.69, 9.17) is 18.9 Å². The molecular weight excluding hydrogens is 527 g/mol. The number of ether oxygens (including phenoxy) is 4. The number of hydrogen-bond acceptors (Lipinski definition) is 6. The van der Waals surface area contributed by atoms with Gasteiger partial charge in [-0.15, -0.1) is 0 Å². The molecule has 3 saturated heterocycles. The van der Waals surface area contributed by atoms with Crippen molar-refractivity contribution < 1.29 is 28.1 Å². The fourth-order valence-electron chi connectivity index (χ4n) is 6.23.